The molecule has 0 unspecified atom stereocenters. The first-order chi connectivity index (χ1) is 11.3. The minimum absolute atomic E-state index is 0. The van der Waals surface area contributed by atoms with Crippen molar-refractivity contribution >= 4 is 25.1 Å². The number of rotatable bonds is 1. The molecule has 4 nitrogen and oxygen atoms in total. The topological polar surface area (TPSA) is 38.1 Å². The molecule has 138 valence electrons. The lowest BCUT2D eigenvalue weighted by Gasteiger charge is -2.32. The summed E-state index contributed by atoms with van der Waals surface area (Å²) in [6.07, 6.45) is -2.76. The second-order valence-corrected chi connectivity index (χ2v) is 5.43. The van der Waals surface area contributed by atoms with Crippen LogP contribution in [0, 0.1) is 6.92 Å². The van der Waals surface area contributed by atoms with Gasteiger partial charge < -0.3 is 4.90 Å². The van der Waals surface area contributed by atoms with Crippen molar-refractivity contribution in [2.24, 2.45) is 0 Å². The predicted molar refractivity (Wildman–Crippen MR) is 96.5 cm³/mol. The lowest BCUT2D eigenvalue weighted by Crippen LogP contribution is -2.42. The second-order valence-electron chi connectivity index (χ2n) is 5.43. The standard InChI is InChI=1S/C15H14F3N3O.C2H6.H2S/c1-9-7-19-21-10(2)8-20(14(22)13(9)21)12-5-3-11(4-6-12)15(16,17)18;1-2;/h3-7,10H,8H2,1-2H3;1-2H3;1H2/t10-;;/m0../s1. The van der Waals surface area contributed by atoms with Crippen molar-refractivity contribution in [1.29, 1.82) is 0 Å². The monoisotopic (exact) mass is 373 g/mol. The Hall–Kier alpha value is -1.96. The van der Waals surface area contributed by atoms with Crippen LogP contribution in [0.15, 0.2) is 30.5 Å². The molecule has 8 heteroatoms. The maximum Gasteiger partial charge on any atom is 0.416 e. The van der Waals surface area contributed by atoms with Gasteiger partial charge in [-0.05, 0) is 38.1 Å². The zero-order valence-electron chi connectivity index (χ0n) is 14.6. The number of carbonyl (C=O) groups is 1. The highest BCUT2D eigenvalue weighted by Gasteiger charge is 2.33. The van der Waals surface area contributed by atoms with Crippen molar-refractivity contribution in [3.63, 3.8) is 0 Å². The summed E-state index contributed by atoms with van der Waals surface area (Å²) in [4.78, 5) is 14.1. The molecule has 0 radical (unpaired) electrons. The molecule has 0 aliphatic carbocycles. The SMILES string of the molecule is CC.Cc1cnn2c1C(=O)N(c1ccc(C(F)(F)F)cc1)C[C@@H]2C.S. The van der Waals surface area contributed by atoms with Gasteiger partial charge in [-0.15, -0.1) is 0 Å². The Morgan fingerprint density at radius 3 is 2.24 bits per heavy atom. The van der Waals surface area contributed by atoms with Gasteiger partial charge in [0.15, 0.2) is 0 Å². The first kappa shape index (κ1) is 21.1. The maximum absolute atomic E-state index is 12.6. The zero-order chi connectivity index (χ0) is 18.1. The van der Waals surface area contributed by atoms with Gasteiger partial charge in [0.05, 0.1) is 17.8 Å². The van der Waals surface area contributed by atoms with E-state index in [2.05, 4.69) is 5.10 Å². The van der Waals surface area contributed by atoms with Crippen LogP contribution in [-0.2, 0) is 6.18 Å². The summed E-state index contributed by atoms with van der Waals surface area (Å²) in [5.41, 5.74) is 0.971. The normalized spacial score (nSPS) is 16.5. The third kappa shape index (κ3) is 4.00. The molecule has 1 atom stereocenters. The number of anilines is 1. The lowest BCUT2D eigenvalue weighted by molar-refractivity contribution is -0.137. The fourth-order valence-electron chi connectivity index (χ4n) is 2.65. The molecule has 0 spiro atoms. The zero-order valence-corrected chi connectivity index (χ0v) is 15.6. The van der Waals surface area contributed by atoms with Crippen LogP contribution in [0.2, 0.25) is 0 Å². The Labute approximate surface area is 152 Å². The van der Waals surface area contributed by atoms with Crippen LogP contribution in [0.4, 0.5) is 18.9 Å². The summed E-state index contributed by atoms with van der Waals surface area (Å²) >= 11 is 0. The fraction of sp³-hybridized carbons (Fsp3) is 0.412. The highest BCUT2D eigenvalue weighted by Crippen LogP contribution is 2.32. The third-order valence-corrected chi connectivity index (χ3v) is 3.80. The fourth-order valence-corrected chi connectivity index (χ4v) is 2.65. The average molecular weight is 373 g/mol. The van der Waals surface area contributed by atoms with Gasteiger partial charge in [-0.1, -0.05) is 13.8 Å². The lowest BCUT2D eigenvalue weighted by atomic mass is 10.1. The van der Waals surface area contributed by atoms with E-state index in [1.54, 1.807) is 17.8 Å². The molecule has 1 aliphatic heterocycles. The van der Waals surface area contributed by atoms with Gasteiger partial charge in [-0.3, -0.25) is 9.48 Å². The number of aromatic nitrogens is 2. The molecule has 1 aromatic heterocycles. The van der Waals surface area contributed by atoms with Gasteiger partial charge in [0, 0.05) is 17.8 Å². The number of amides is 1. The molecule has 25 heavy (non-hydrogen) atoms. The number of nitrogens with zero attached hydrogens (tertiary/aromatic N) is 3. The Kier molecular flexibility index (Phi) is 6.70. The highest BCUT2D eigenvalue weighted by atomic mass is 32.1. The van der Waals surface area contributed by atoms with E-state index < -0.39 is 11.7 Å². The number of hydrogen-bond donors (Lipinski definition) is 0. The van der Waals surface area contributed by atoms with Crippen molar-refractivity contribution in [1.82, 2.24) is 9.78 Å². The number of fused-ring (bicyclic) bond motifs is 1. The summed E-state index contributed by atoms with van der Waals surface area (Å²) < 4.78 is 39.5. The van der Waals surface area contributed by atoms with Crippen molar-refractivity contribution in [2.45, 2.75) is 39.9 Å². The molecule has 3 rings (SSSR count). The molecular weight excluding hydrogens is 351 g/mol. The van der Waals surface area contributed by atoms with Crippen LogP contribution >= 0.6 is 13.5 Å². The summed E-state index contributed by atoms with van der Waals surface area (Å²) in [7, 11) is 0. The minimum Gasteiger partial charge on any atom is -0.305 e. The van der Waals surface area contributed by atoms with Crippen molar-refractivity contribution < 1.29 is 18.0 Å². The smallest absolute Gasteiger partial charge is 0.305 e. The van der Waals surface area contributed by atoms with Crippen LogP contribution in [0.1, 0.15) is 48.4 Å². The largest absolute Gasteiger partial charge is 0.416 e. The molecule has 0 saturated heterocycles. The van der Waals surface area contributed by atoms with Crippen LogP contribution in [0.3, 0.4) is 0 Å². The van der Waals surface area contributed by atoms with Gasteiger partial charge in [-0.25, -0.2) is 0 Å². The summed E-state index contributed by atoms with van der Waals surface area (Å²) in [5, 5.41) is 4.18. The maximum atomic E-state index is 12.6. The molecule has 2 aromatic rings. The molecule has 0 saturated carbocycles. The van der Waals surface area contributed by atoms with Gasteiger partial charge in [0.1, 0.15) is 5.69 Å². The summed E-state index contributed by atoms with van der Waals surface area (Å²) in [6, 6.07) is 4.60. The Bertz CT molecular complexity index is 726. The van der Waals surface area contributed by atoms with Crippen molar-refractivity contribution in [3.8, 4) is 0 Å². The number of hydrogen-bond acceptors (Lipinski definition) is 2. The van der Waals surface area contributed by atoms with E-state index in [9.17, 15) is 18.0 Å². The summed E-state index contributed by atoms with van der Waals surface area (Å²) in [5.74, 6) is -0.243. The molecular formula is C17H22F3N3OS. The molecule has 1 aromatic carbocycles. The van der Waals surface area contributed by atoms with Gasteiger partial charge in [0.2, 0.25) is 0 Å². The van der Waals surface area contributed by atoms with Crippen LogP contribution in [0.5, 0.6) is 0 Å². The van der Waals surface area contributed by atoms with E-state index in [0.717, 1.165) is 17.7 Å². The predicted octanol–water partition coefficient (Wildman–Crippen LogP) is 4.57. The molecule has 0 bridgehead atoms. The van der Waals surface area contributed by atoms with Gasteiger partial charge in [0.25, 0.3) is 5.91 Å². The quantitative estimate of drug-likeness (QED) is 0.734. The Morgan fingerprint density at radius 2 is 1.72 bits per heavy atom. The van der Waals surface area contributed by atoms with Crippen molar-refractivity contribution in [2.75, 3.05) is 11.4 Å². The third-order valence-electron chi connectivity index (χ3n) is 3.80. The van der Waals surface area contributed by atoms with E-state index in [4.69, 9.17) is 0 Å². The Morgan fingerprint density at radius 1 is 1.16 bits per heavy atom. The van der Waals surface area contributed by atoms with Gasteiger partial charge in [-0.2, -0.15) is 31.8 Å². The molecule has 1 aliphatic rings. The first-order valence-electron chi connectivity index (χ1n) is 7.82. The van der Waals surface area contributed by atoms with Crippen LogP contribution in [-0.4, -0.2) is 22.2 Å². The minimum atomic E-state index is -4.38. The number of carbonyl (C=O) groups excluding carboxylic acids is 1. The van der Waals surface area contributed by atoms with E-state index >= 15 is 0 Å². The van der Waals surface area contributed by atoms with Crippen molar-refractivity contribution in [3.05, 3.63) is 47.3 Å². The Balaban J connectivity index is 0.00000101. The molecule has 0 fully saturated rings. The van der Waals surface area contributed by atoms with Crippen LogP contribution in [0.25, 0.3) is 0 Å². The van der Waals surface area contributed by atoms with Gasteiger partial charge >= 0.3 is 6.18 Å². The van der Waals surface area contributed by atoms with E-state index in [0.29, 0.717) is 17.9 Å². The van der Waals surface area contributed by atoms with E-state index in [1.807, 2.05) is 20.8 Å². The summed E-state index contributed by atoms with van der Waals surface area (Å²) in [6.45, 7) is 8.08. The molecule has 1 amide bonds. The number of benzene rings is 1. The average Bonchev–Trinajstić information content (AvgIpc) is 2.95. The van der Waals surface area contributed by atoms with Crippen LogP contribution < -0.4 is 4.90 Å². The number of alkyl halides is 3. The molecule has 0 N–H and O–H groups in total. The van der Waals surface area contributed by atoms with E-state index in [-0.39, 0.29) is 25.4 Å². The number of aryl methyl sites for hydroxylation is 1. The van der Waals surface area contributed by atoms with E-state index in [1.165, 1.54) is 17.0 Å². The number of halogens is 3. The second kappa shape index (κ2) is 7.95. The highest BCUT2D eigenvalue weighted by molar-refractivity contribution is 7.59. The first-order valence-corrected chi connectivity index (χ1v) is 7.82. The molecule has 2 heterocycles.